The zero-order valence-electron chi connectivity index (χ0n) is 11.8. The lowest BCUT2D eigenvalue weighted by atomic mass is 10.3. The van der Waals surface area contributed by atoms with Crippen molar-refractivity contribution in [3.8, 4) is 0 Å². The van der Waals surface area contributed by atoms with Crippen LogP contribution < -0.4 is 10.6 Å². The maximum atomic E-state index is 11.8. The van der Waals surface area contributed by atoms with Gasteiger partial charge in [-0.1, -0.05) is 29.8 Å². The molecule has 0 bridgehead atoms. The minimum atomic E-state index is -0.366. The first-order valence-electron chi connectivity index (χ1n) is 6.41. The monoisotopic (exact) mass is 325 g/mol. The number of urea groups is 1. The number of carbonyl (C=O) groups excluding carboxylic acids is 2. The zero-order valence-corrected chi connectivity index (χ0v) is 13.3. The van der Waals surface area contributed by atoms with Crippen LogP contribution in [0.2, 0.25) is 5.02 Å². The highest BCUT2D eigenvalue weighted by Gasteiger charge is 2.12. The minimum absolute atomic E-state index is 0.0322. The van der Waals surface area contributed by atoms with Gasteiger partial charge >= 0.3 is 6.03 Å². The Labute approximate surface area is 131 Å². The molecule has 0 fully saturated rings. The van der Waals surface area contributed by atoms with E-state index in [2.05, 4.69) is 10.6 Å². The van der Waals surface area contributed by atoms with Gasteiger partial charge in [0.2, 0.25) is 5.91 Å². The van der Waals surface area contributed by atoms with Crippen LogP contribution in [0.4, 0.5) is 9.80 Å². The molecule has 0 saturated carbocycles. The molecule has 2 N–H and O–H groups in total. The largest absolute Gasteiger partial charge is 0.349 e. The Morgan fingerprint density at radius 1 is 1.29 bits per heavy atom. The molecule has 0 atom stereocenters. The number of nitrogens with one attached hydrogen (secondary N) is 2. The third-order valence-corrected chi connectivity index (χ3v) is 4.48. The number of rotatable bonds is 4. The summed E-state index contributed by atoms with van der Waals surface area (Å²) >= 11 is 7.65. The number of hydrogen-bond acceptors (Lipinski definition) is 3. The predicted octanol–water partition coefficient (Wildman–Crippen LogP) is 3.15. The Balaban J connectivity index is 1.93. The van der Waals surface area contributed by atoms with E-state index in [9.17, 15) is 9.59 Å². The first-order valence-corrected chi connectivity index (χ1v) is 7.60. The fourth-order valence-corrected chi connectivity index (χ4v) is 3.12. The van der Waals surface area contributed by atoms with Gasteiger partial charge in [0.15, 0.2) is 0 Å². The molecule has 0 spiro atoms. The van der Waals surface area contributed by atoms with Gasteiger partial charge in [-0.2, -0.15) is 0 Å². The molecule has 3 amide bonds. The van der Waals surface area contributed by atoms with Crippen molar-refractivity contribution < 1.29 is 9.59 Å². The summed E-state index contributed by atoms with van der Waals surface area (Å²) in [7, 11) is 3.36. The number of benzene rings is 1. The summed E-state index contributed by atoms with van der Waals surface area (Å²) in [6, 6.07) is 7.32. The number of nitrogens with zero attached hydrogens (tertiary/aromatic N) is 1. The summed E-state index contributed by atoms with van der Waals surface area (Å²) in [6.45, 7) is 0.283. The highest BCUT2D eigenvalue weighted by Crippen LogP contribution is 2.39. The minimum Gasteiger partial charge on any atom is -0.349 e. The molecule has 0 saturated heterocycles. The normalized spacial score (nSPS) is 10.4. The molecular formula is C14H16ClN3O2S. The summed E-state index contributed by atoms with van der Waals surface area (Å²) in [5.41, 5.74) is 0. The van der Waals surface area contributed by atoms with Gasteiger partial charge in [0.1, 0.15) is 5.00 Å². The highest BCUT2D eigenvalue weighted by molar-refractivity contribution is 7.23. The number of thiophene rings is 1. The molecule has 1 aromatic carbocycles. The number of hydrogen-bond donors (Lipinski definition) is 2. The maximum absolute atomic E-state index is 11.8. The van der Waals surface area contributed by atoms with Gasteiger partial charge in [-0.25, -0.2) is 4.79 Å². The molecule has 21 heavy (non-hydrogen) atoms. The second-order valence-electron chi connectivity index (χ2n) is 4.66. The number of fused-ring (bicyclic) bond motifs is 1. The predicted molar refractivity (Wildman–Crippen MR) is 87.2 cm³/mol. The van der Waals surface area contributed by atoms with Crippen molar-refractivity contribution in [3.05, 3.63) is 29.3 Å². The van der Waals surface area contributed by atoms with Crippen molar-refractivity contribution in [3.63, 3.8) is 0 Å². The van der Waals surface area contributed by atoms with Gasteiger partial charge in [0.25, 0.3) is 0 Å². The van der Waals surface area contributed by atoms with Crippen molar-refractivity contribution in [1.29, 1.82) is 0 Å². The summed E-state index contributed by atoms with van der Waals surface area (Å²) < 4.78 is 1.01. The van der Waals surface area contributed by atoms with Crippen LogP contribution in [0.25, 0.3) is 10.1 Å². The average Bonchev–Trinajstić information content (AvgIpc) is 2.75. The molecule has 0 aliphatic rings. The average molecular weight is 326 g/mol. The van der Waals surface area contributed by atoms with Gasteiger partial charge in [0, 0.05) is 37.1 Å². The zero-order chi connectivity index (χ0) is 15.4. The van der Waals surface area contributed by atoms with Gasteiger partial charge in [-0.3, -0.25) is 10.1 Å². The second-order valence-corrected chi connectivity index (χ2v) is 6.09. The van der Waals surface area contributed by atoms with Gasteiger partial charge in [-0.15, -0.1) is 11.3 Å². The molecule has 2 rings (SSSR count). The first kappa shape index (κ1) is 15.6. The van der Waals surface area contributed by atoms with Crippen LogP contribution >= 0.6 is 22.9 Å². The third-order valence-electron chi connectivity index (χ3n) is 2.89. The first-order chi connectivity index (χ1) is 9.99. The molecule has 1 aromatic heterocycles. The fraction of sp³-hybridized carbons (Fsp3) is 0.286. The van der Waals surface area contributed by atoms with E-state index >= 15 is 0 Å². The number of amides is 3. The fourth-order valence-electron chi connectivity index (χ4n) is 1.75. The van der Waals surface area contributed by atoms with Crippen LogP contribution in [0.1, 0.15) is 6.42 Å². The topological polar surface area (TPSA) is 61.4 Å². The number of carbonyl (C=O) groups is 2. The molecule has 0 unspecified atom stereocenters. The van der Waals surface area contributed by atoms with Gasteiger partial charge < -0.3 is 10.2 Å². The Hall–Kier alpha value is -1.79. The molecule has 0 radical (unpaired) electrons. The van der Waals surface area contributed by atoms with Crippen LogP contribution in [0, 0.1) is 0 Å². The van der Waals surface area contributed by atoms with E-state index < -0.39 is 0 Å². The molecule has 1 heterocycles. The molecule has 7 heteroatoms. The third kappa shape index (κ3) is 3.86. The van der Waals surface area contributed by atoms with E-state index in [0.29, 0.717) is 10.0 Å². The van der Waals surface area contributed by atoms with Crippen LogP contribution in [-0.2, 0) is 4.79 Å². The lowest BCUT2D eigenvalue weighted by molar-refractivity contribution is -0.128. The second kappa shape index (κ2) is 6.78. The molecule has 112 valence electrons. The van der Waals surface area contributed by atoms with Crippen molar-refractivity contribution in [2.75, 3.05) is 26.0 Å². The standard InChI is InChI=1S/C14H16ClN3O2S/c1-18(2)11(19)7-8-16-14(20)17-13-12(15)9-5-3-4-6-10(9)21-13/h3-6H,7-8H2,1-2H3,(H2,16,17,20). The summed E-state index contributed by atoms with van der Waals surface area (Å²) in [5.74, 6) is -0.0322. The summed E-state index contributed by atoms with van der Waals surface area (Å²) in [5, 5.41) is 7.41. The van der Waals surface area contributed by atoms with E-state index in [-0.39, 0.29) is 24.9 Å². The van der Waals surface area contributed by atoms with Gasteiger partial charge in [0.05, 0.1) is 5.02 Å². The van der Waals surface area contributed by atoms with Crippen molar-refractivity contribution in [2.45, 2.75) is 6.42 Å². The molecule has 5 nitrogen and oxygen atoms in total. The lowest BCUT2D eigenvalue weighted by Gasteiger charge is -2.10. The Morgan fingerprint density at radius 2 is 2.00 bits per heavy atom. The van der Waals surface area contributed by atoms with E-state index in [1.165, 1.54) is 16.2 Å². The van der Waals surface area contributed by atoms with E-state index in [1.54, 1.807) is 14.1 Å². The SMILES string of the molecule is CN(C)C(=O)CCNC(=O)Nc1sc2ccccc2c1Cl. The van der Waals surface area contributed by atoms with E-state index in [1.807, 2.05) is 24.3 Å². The number of halogens is 1. The van der Waals surface area contributed by atoms with Gasteiger partial charge in [-0.05, 0) is 6.07 Å². The van der Waals surface area contributed by atoms with Crippen LogP contribution in [0.3, 0.4) is 0 Å². The van der Waals surface area contributed by atoms with E-state index in [0.717, 1.165) is 10.1 Å². The van der Waals surface area contributed by atoms with Crippen molar-refractivity contribution in [2.24, 2.45) is 0 Å². The molecular weight excluding hydrogens is 310 g/mol. The Morgan fingerprint density at radius 3 is 2.67 bits per heavy atom. The smallest absolute Gasteiger partial charge is 0.319 e. The molecule has 0 aliphatic heterocycles. The van der Waals surface area contributed by atoms with E-state index in [4.69, 9.17) is 11.6 Å². The Kier molecular flexibility index (Phi) is 5.03. The summed E-state index contributed by atoms with van der Waals surface area (Å²) in [4.78, 5) is 24.7. The van der Waals surface area contributed by atoms with Crippen LogP contribution in [0.5, 0.6) is 0 Å². The lowest BCUT2D eigenvalue weighted by Crippen LogP contribution is -2.32. The van der Waals surface area contributed by atoms with Crippen LogP contribution in [-0.4, -0.2) is 37.5 Å². The number of anilines is 1. The molecule has 2 aromatic rings. The maximum Gasteiger partial charge on any atom is 0.319 e. The van der Waals surface area contributed by atoms with Crippen molar-refractivity contribution >= 4 is 50.0 Å². The Bertz CT molecular complexity index is 669. The molecule has 0 aliphatic carbocycles. The van der Waals surface area contributed by atoms with Crippen molar-refractivity contribution in [1.82, 2.24) is 10.2 Å². The van der Waals surface area contributed by atoms with Crippen LogP contribution in [0.15, 0.2) is 24.3 Å². The quantitative estimate of drug-likeness (QED) is 0.907. The summed E-state index contributed by atoms with van der Waals surface area (Å²) in [6.07, 6.45) is 0.264. The highest BCUT2D eigenvalue weighted by atomic mass is 35.5.